The van der Waals surface area contributed by atoms with Crippen LogP contribution in [0.15, 0.2) is 29.2 Å². The van der Waals surface area contributed by atoms with Crippen molar-refractivity contribution in [1.29, 1.82) is 0 Å². The van der Waals surface area contributed by atoms with Crippen LogP contribution in [0.2, 0.25) is 0 Å². The van der Waals surface area contributed by atoms with Gasteiger partial charge in [0.05, 0.1) is 5.69 Å². The molecule has 20 heavy (non-hydrogen) atoms. The number of benzene rings is 1. The lowest BCUT2D eigenvalue weighted by Crippen LogP contribution is -2.35. The molecule has 1 saturated heterocycles. The maximum Gasteiger partial charge on any atom is 0.240 e. The van der Waals surface area contributed by atoms with E-state index in [0.29, 0.717) is 11.6 Å². The Bertz CT molecular complexity index is 537. The zero-order valence-electron chi connectivity index (χ0n) is 11.9. The Labute approximate surface area is 121 Å². The minimum absolute atomic E-state index is 0.172. The highest BCUT2D eigenvalue weighted by Crippen LogP contribution is 2.22. The van der Waals surface area contributed by atoms with Crippen LogP contribution in [-0.2, 0) is 10.0 Å². The number of para-hydroxylation sites is 1. The summed E-state index contributed by atoms with van der Waals surface area (Å²) in [7, 11) is -3.67. The average Bonchev–Trinajstić information content (AvgIpc) is 2.45. The largest absolute Gasteiger partial charge is 0.384 e. The van der Waals surface area contributed by atoms with Gasteiger partial charge in [0.15, 0.2) is 0 Å². The van der Waals surface area contributed by atoms with Gasteiger partial charge in [-0.25, -0.2) is 13.6 Å². The molecule has 0 spiro atoms. The molecule has 3 N–H and O–H groups in total. The molecule has 1 aliphatic heterocycles. The van der Waals surface area contributed by atoms with Crippen LogP contribution in [0.5, 0.6) is 0 Å². The highest BCUT2D eigenvalue weighted by Gasteiger charge is 2.19. The number of sulfonamides is 1. The summed E-state index contributed by atoms with van der Waals surface area (Å²) in [4.78, 5) is 2.61. The van der Waals surface area contributed by atoms with Crippen LogP contribution in [0.25, 0.3) is 0 Å². The molecule has 1 aliphatic rings. The summed E-state index contributed by atoms with van der Waals surface area (Å²) in [6.45, 7) is 6.33. The van der Waals surface area contributed by atoms with E-state index < -0.39 is 10.0 Å². The number of anilines is 1. The number of likely N-dealkylation sites (tertiary alicyclic amines) is 1. The molecule has 0 amide bonds. The van der Waals surface area contributed by atoms with Crippen LogP contribution >= 0.6 is 0 Å². The fourth-order valence-electron chi connectivity index (χ4n) is 2.62. The van der Waals surface area contributed by atoms with E-state index in [2.05, 4.69) is 17.1 Å². The average molecular weight is 297 g/mol. The third kappa shape index (κ3) is 3.94. The molecule has 0 aromatic heterocycles. The smallest absolute Gasteiger partial charge is 0.240 e. The fourth-order valence-corrected chi connectivity index (χ4v) is 3.34. The van der Waals surface area contributed by atoms with Gasteiger partial charge in [0, 0.05) is 6.54 Å². The summed E-state index contributed by atoms with van der Waals surface area (Å²) in [5.41, 5.74) is 0.605. The molecule has 2 rings (SSSR count). The van der Waals surface area contributed by atoms with Gasteiger partial charge < -0.3 is 10.2 Å². The third-order valence-corrected chi connectivity index (χ3v) is 4.90. The predicted octanol–water partition coefficient (Wildman–Crippen LogP) is 1.48. The van der Waals surface area contributed by atoms with Gasteiger partial charge in [-0.15, -0.1) is 0 Å². The summed E-state index contributed by atoms with van der Waals surface area (Å²) < 4.78 is 23.0. The maximum atomic E-state index is 11.5. The number of nitrogens with two attached hydrogens (primary N) is 1. The SMILES string of the molecule is CCN1CCC(CNc2ccccc2S(N)(=O)=O)CC1. The Hall–Kier alpha value is -1.11. The van der Waals surface area contributed by atoms with Crippen molar-refractivity contribution in [2.75, 3.05) is 31.5 Å². The van der Waals surface area contributed by atoms with Gasteiger partial charge in [-0.2, -0.15) is 0 Å². The molecule has 1 aromatic carbocycles. The predicted molar refractivity (Wildman–Crippen MR) is 81.1 cm³/mol. The first-order valence-corrected chi connectivity index (χ1v) is 8.63. The summed E-state index contributed by atoms with van der Waals surface area (Å²) >= 11 is 0. The summed E-state index contributed by atoms with van der Waals surface area (Å²) in [6.07, 6.45) is 2.30. The van der Waals surface area contributed by atoms with Gasteiger partial charge in [0.1, 0.15) is 4.90 Å². The van der Waals surface area contributed by atoms with Crippen molar-refractivity contribution in [2.45, 2.75) is 24.7 Å². The molecular weight excluding hydrogens is 274 g/mol. The second kappa shape index (κ2) is 6.56. The van der Waals surface area contributed by atoms with Gasteiger partial charge in [-0.05, 0) is 50.5 Å². The van der Waals surface area contributed by atoms with Gasteiger partial charge >= 0.3 is 0 Å². The lowest BCUT2D eigenvalue weighted by molar-refractivity contribution is 0.198. The molecule has 0 unspecified atom stereocenters. The summed E-state index contributed by atoms with van der Waals surface area (Å²) in [5, 5.41) is 8.47. The minimum Gasteiger partial charge on any atom is -0.384 e. The molecule has 1 aromatic rings. The Morgan fingerprint density at radius 1 is 1.30 bits per heavy atom. The Morgan fingerprint density at radius 2 is 1.95 bits per heavy atom. The van der Waals surface area contributed by atoms with E-state index >= 15 is 0 Å². The molecule has 1 heterocycles. The van der Waals surface area contributed by atoms with Crippen LogP contribution in [0, 0.1) is 5.92 Å². The van der Waals surface area contributed by atoms with E-state index in [-0.39, 0.29) is 4.90 Å². The monoisotopic (exact) mass is 297 g/mol. The van der Waals surface area contributed by atoms with Crippen molar-refractivity contribution in [3.05, 3.63) is 24.3 Å². The zero-order valence-corrected chi connectivity index (χ0v) is 12.7. The minimum atomic E-state index is -3.67. The number of nitrogens with one attached hydrogen (secondary N) is 1. The van der Waals surface area contributed by atoms with E-state index in [1.807, 2.05) is 6.07 Å². The zero-order chi connectivity index (χ0) is 14.6. The van der Waals surface area contributed by atoms with Crippen LogP contribution in [0.1, 0.15) is 19.8 Å². The quantitative estimate of drug-likeness (QED) is 0.863. The summed E-state index contributed by atoms with van der Waals surface area (Å²) in [6, 6.07) is 6.81. The second-order valence-electron chi connectivity index (χ2n) is 5.30. The van der Waals surface area contributed by atoms with Crippen LogP contribution in [-0.4, -0.2) is 39.5 Å². The van der Waals surface area contributed by atoms with Crippen molar-refractivity contribution in [2.24, 2.45) is 11.1 Å². The Morgan fingerprint density at radius 3 is 2.55 bits per heavy atom. The lowest BCUT2D eigenvalue weighted by atomic mass is 9.97. The summed E-state index contributed by atoms with van der Waals surface area (Å²) in [5.74, 6) is 0.589. The standard InChI is InChI=1S/C14H23N3O2S/c1-2-17-9-7-12(8-10-17)11-16-13-5-3-4-6-14(13)20(15,18)19/h3-6,12,16H,2,7-11H2,1H3,(H2,15,18,19). The number of primary sulfonamides is 1. The van der Waals surface area contributed by atoms with Crippen molar-refractivity contribution in [3.63, 3.8) is 0 Å². The second-order valence-corrected chi connectivity index (χ2v) is 6.83. The highest BCUT2D eigenvalue weighted by atomic mass is 32.2. The molecule has 0 saturated carbocycles. The van der Waals surface area contributed by atoms with Crippen molar-refractivity contribution in [3.8, 4) is 0 Å². The molecule has 0 atom stereocenters. The van der Waals surface area contributed by atoms with Crippen LogP contribution in [0.4, 0.5) is 5.69 Å². The van der Waals surface area contributed by atoms with E-state index in [4.69, 9.17) is 5.14 Å². The Balaban J connectivity index is 1.95. The van der Waals surface area contributed by atoms with E-state index in [1.54, 1.807) is 12.1 Å². The van der Waals surface area contributed by atoms with Gasteiger partial charge in [-0.1, -0.05) is 19.1 Å². The molecule has 0 aliphatic carbocycles. The topological polar surface area (TPSA) is 75.4 Å². The Kier molecular flexibility index (Phi) is 5.01. The first kappa shape index (κ1) is 15.3. The molecule has 6 heteroatoms. The van der Waals surface area contributed by atoms with Gasteiger partial charge in [-0.3, -0.25) is 0 Å². The number of nitrogens with zero attached hydrogens (tertiary/aromatic N) is 1. The third-order valence-electron chi connectivity index (χ3n) is 3.93. The number of hydrogen-bond acceptors (Lipinski definition) is 4. The first-order chi connectivity index (χ1) is 9.50. The number of rotatable bonds is 5. The van der Waals surface area contributed by atoms with Crippen molar-refractivity contribution < 1.29 is 8.42 Å². The fraction of sp³-hybridized carbons (Fsp3) is 0.571. The lowest BCUT2D eigenvalue weighted by Gasteiger charge is -2.31. The van der Waals surface area contributed by atoms with E-state index in [9.17, 15) is 8.42 Å². The van der Waals surface area contributed by atoms with Crippen LogP contribution < -0.4 is 10.5 Å². The molecule has 0 radical (unpaired) electrons. The number of piperidine rings is 1. The normalized spacial score (nSPS) is 18.1. The van der Waals surface area contributed by atoms with Crippen molar-refractivity contribution >= 4 is 15.7 Å². The first-order valence-electron chi connectivity index (χ1n) is 7.08. The molecule has 1 fully saturated rings. The van der Waals surface area contributed by atoms with Crippen LogP contribution in [0.3, 0.4) is 0 Å². The molecular formula is C14H23N3O2S. The van der Waals surface area contributed by atoms with E-state index in [1.165, 1.54) is 6.07 Å². The van der Waals surface area contributed by atoms with Gasteiger partial charge in [0.2, 0.25) is 10.0 Å². The molecule has 0 bridgehead atoms. The van der Waals surface area contributed by atoms with E-state index in [0.717, 1.165) is 39.0 Å². The highest BCUT2D eigenvalue weighted by molar-refractivity contribution is 7.89. The van der Waals surface area contributed by atoms with Gasteiger partial charge in [0.25, 0.3) is 0 Å². The van der Waals surface area contributed by atoms with Crippen molar-refractivity contribution in [1.82, 2.24) is 4.90 Å². The maximum absolute atomic E-state index is 11.5. The molecule has 112 valence electrons. The molecule has 5 nitrogen and oxygen atoms in total. The number of hydrogen-bond donors (Lipinski definition) is 2.